The number of aryl methyl sites for hydroxylation is 1. The fourth-order valence-corrected chi connectivity index (χ4v) is 3.13. The molecule has 22 heavy (non-hydrogen) atoms. The van der Waals surface area contributed by atoms with E-state index in [0.29, 0.717) is 0 Å². The maximum atomic E-state index is 5.96. The molecule has 0 saturated heterocycles. The average Bonchev–Trinajstić information content (AvgIpc) is 2.92. The lowest BCUT2D eigenvalue weighted by Gasteiger charge is -2.02. The van der Waals surface area contributed by atoms with Crippen LogP contribution in [0.1, 0.15) is 11.3 Å². The number of pyridine rings is 1. The topological polar surface area (TPSA) is 19.7 Å². The summed E-state index contributed by atoms with van der Waals surface area (Å²) in [4.78, 5) is 3.54. The van der Waals surface area contributed by atoms with E-state index in [1.165, 1.54) is 33.1 Å². The van der Waals surface area contributed by atoms with Crippen molar-refractivity contribution in [1.29, 1.82) is 0 Å². The van der Waals surface area contributed by atoms with E-state index >= 15 is 0 Å². The van der Waals surface area contributed by atoms with Gasteiger partial charge in [-0.15, -0.1) is 0 Å². The van der Waals surface area contributed by atoms with Crippen molar-refractivity contribution in [2.45, 2.75) is 13.5 Å². The molecule has 0 saturated carbocycles. The van der Waals surface area contributed by atoms with Crippen LogP contribution in [-0.2, 0) is 6.54 Å². The third-order valence-electron chi connectivity index (χ3n) is 4.23. The van der Waals surface area contributed by atoms with Crippen LogP contribution in [0.25, 0.3) is 21.8 Å². The van der Waals surface area contributed by atoms with E-state index in [-0.39, 0.29) is 0 Å². The van der Waals surface area contributed by atoms with Crippen molar-refractivity contribution in [3.05, 3.63) is 77.1 Å². The summed E-state index contributed by atoms with van der Waals surface area (Å²) in [7, 11) is 0. The molecule has 0 aliphatic rings. The maximum Gasteiger partial charge on any atom is 0.202 e. The number of para-hydroxylation sites is 1. The number of aromatic amines is 1. The van der Waals surface area contributed by atoms with E-state index in [1.807, 2.05) is 12.1 Å². The molecule has 0 fully saturated rings. The van der Waals surface area contributed by atoms with Crippen molar-refractivity contribution < 1.29 is 4.57 Å². The summed E-state index contributed by atoms with van der Waals surface area (Å²) in [6.07, 6.45) is 2.16. The van der Waals surface area contributed by atoms with Crippen LogP contribution in [0.3, 0.4) is 0 Å². The van der Waals surface area contributed by atoms with Crippen molar-refractivity contribution in [1.82, 2.24) is 4.98 Å². The Morgan fingerprint density at radius 2 is 1.73 bits per heavy atom. The van der Waals surface area contributed by atoms with Crippen LogP contribution in [0.5, 0.6) is 0 Å². The number of rotatable bonds is 2. The van der Waals surface area contributed by atoms with Crippen molar-refractivity contribution in [3.63, 3.8) is 0 Å². The fourth-order valence-electron chi connectivity index (χ4n) is 3.00. The predicted molar refractivity (Wildman–Crippen MR) is 91.3 cm³/mol. The van der Waals surface area contributed by atoms with Gasteiger partial charge in [0.2, 0.25) is 5.69 Å². The van der Waals surface area contributed by atoms with Gasteiger partial charge >= 0.3 is 0 Å². The lowest BCUT2D eigenvalue weighted by molar-refractivity contribution is -0.693. The molecule has 0 amide bonds. The van der Waals surface area contributed by atoms with Gasteiger partial charge < -0.3 is 4.98 Å². The SMILES string of the molecule is Cc1c2[nH]c3ccccc3c2cc[n+]1Cc1ccc(Cl)cc1. The first-order valence-electron chi connectivity index (χ1n) is 7.36. The Balaban J connectivity index is 1.83. The highest BCUT2D eigenvalue weighted by atomic mass is 35.5. The van der Waals surface area contributed by atoms with Gasteiger partial charge in [-0.2, -0.15) is 4.57 Å². The summed E-state index contributed by atoms with van der Waals surface area (Å²) in [5.74, 6) is 0. The van der Waals surface area contributed by atoms with E-state index in [9.17, 15) is 0 Å². The Morgan fingerprint density at radius 3 is 2.55 bits per heavy atom. The molecule has 3 heteroatoms. The third-order valence-corrected chi connectivity index (χ3v) is 4.48. The van der Waals surface area contributed by atoms with Gasteiger partial charge in [0.15, 0.2) is 12.7 Å². The second-order valence-corrected chi connectivity index (χ2v) is 6.05. The number of hydrogen-bond donors (Lipinski definition) is 1. The van der Waals surface area contributed by atoms with Gasteiger partial charge in [0.05, 0.1) is 0 Å². The first kappa shape index (κ1) is 13.4. The second kappa shape index (κ2) is 5.15. The van der Waals surface area contributed by atoms with Gasteiger partial charge in [-0.05, 0) is 18.2 Å². The molecule has 0 aliphatic carbocycles. The van der Waals surface area contributed by atoms with Crippen LogP contribution in [0.2, 0.25) is 5.02 Å². The number of fused-ring (bicyclic) bond motifs is 3. The molecular weight excluding hydrogens is 292 g/mol. The minimum Gasteiger partial charge on any atom is -0.349 e. The number of nitrogens with zero attached hydrogens (tertiary/aromatic N) is 1. The highest BCUT2D eigenvalue weighted by Crippen LogP contribution is 2.25. The van der Waals surface area contributed by atoms with E-state index in [1.54, 1.807) is 0 Å². The fraction of sp³-hybridized carbons (Fsp3) is 0.105. The van der Waals surface area contributed by atoms with E-state index in [0.717, 1.165) is 11.6 Å². The van der Waals surface area contributed by atoms with Crippen LogP contribution in [0, 0.1) is 6.92 Å². The molecular formula is C19H16ClN2+. The molecule has 2 heterocycles. The van der Waals surface area contributed by atoms with Gasteiger partial charge in [-0.1, -0.05) is 41.9 Å². The Bertz CT molecular complexity index is 968. The van der Waals surface area contributed by atoms with Gasteiger partial charge in [-0.3, -0.25) is 0 Å². The van der Waals surface area contributed by atoms with Crippen molar-refractivity contribution >= 4 is 33.4 Å². The zero-order valence-corrected chi connectivity index (χ0v) is 13.1. The van der Waals surface area contributed by atoms with E-state index in [2.05, 4.69) is 65.1 Å². The van der Waals surface area contributed by atoms with Crippen LogP contribution in [0.15, 0.2) is 60.8 Å². The monoisotopic (exact) mass is 307 g/mol. The summed E-state index contributed by atoms with van der Waals surface area (Å²) < 4.78 is 2.26. The number of aromatic nitrogens is 2. The van der Waals surface area contributed by atoms with Crippen molar-refractivity contribution in [3.8, 4) is 0 Å². The van der Waals surface area contributed by atoms with Crippen molar-refractivity contribution in [2.75, 3.05) is 0 Å². The van der Waals surface area contributed by atoms with E-state index in [4.69, 9.17) is 11.6 Å². The summed E-state index contributed by atoms with van der Waals surface area (Å²) in [6.45, 7) is 3.00. The number of hydrogen-bond acceptors (Lipinski definition) is 0. The molecule has 108 valence electrons. The molecule has 0 unspecified atom stereocenters. The summed E-state index contributed by atoms with van der Waals surface area (Å²) in [5.41, 5.74) is 4.87. The first-order valence-corrected chi connectivity index (χ1v) is 7.74. The van der Waals surface area contributed by atoms with Gasteiger partial charge in [0.25, 0.3) is 0 Å². The van der Waals surface area contributed by atoms with Crippen LogP contribution >= 0.6 is 11.6 Å². The first-order chi connectivity index (χ1) is 10.7. The third kappa shape index (κ3) is 2.16. The molecule has 4 rings (SSSR count). The lowest BCUT2D eigenvalue weighted by Crippen LogP contribution is -2.37. The second-order valence-electron chi connectivity index (χ2n) is 5.61. The minimum absolute atomic E-state index is 0.775. The normalized spacial score (nSPS) is 11.4. The molecule has 0 atom stereocenters. The number of halogens is 1. The highest BCUT2D eigenvalue weighted by Gasteiger charge is 2.15. The molecule has 2 aromatic heterocycles. The number of benzene rings is 2. The maximum absolute atomic E-state index is 5.96. The zero-order valence-electron chi connectivity index (χ0n) is 12.3. The number of nitrogens with one attached hydrogen (secondary N) is 1. The van der Waals surface area contributed by atoms with Crippen LogP contribution in [-0.4, -0.2) is 4.98 Å². The molecule has 0 bridgehead atoms. The van der Waals surface area contributed by atoms with Gasteiger partial charge in [0.1, 0.15) is 5.52 Å². The summed E-state index contributed by atoms with van der Waals surface area (Å²) >= 11 is 5.96. The molecule has 0 spiro atoms. The lowest BCUT2D eigenvalue weighted by atomic mass is 10.1. The van der Waals surface area contributed by atoms with Gasteiger partial charge in [-0.25, -0.2) is 0 Å². The molecule has 2 nitrogen and oxygen atoms in total. The smallest absolute Gasteiger partial charge is 0.202 e. The molecule has 2 aromatic carbocycles. The standard InChI is InChI=1S/C19H15ClN2/c1-13-19-17(16-4-2-3-5-18(16)21-19)10-11-22(13)12-14-6-8-15(20)9-7-14/h2-11H,12H2,1H3/p+1. The highest BCUT2D eigenvalue weighted by molar-refractivity contribution is 6.30. The van der Waals surface area contributed by atoms with E-state index < -0.39 is 0 Å². The Labute approximate surface area is 134 Å². The number of H-pyrrole nitrogens is 1. The molecule has 4 aromatic rings. The van der Waals surface area contributed by atoms with Gasteiger partial charge in [0, 0.05) is 39.9 Å². The quantitative estimate of drug-likeness (QED) is 0.521. The summed E-state index contributed by atoms with van der Waals surface area (Å²) in [6, 6.07) is 18.7. The predicted octanol–water partition coefficient (Wildman–Crippen LogP) is 4.62. The largest absolute Gasteiger partial charge is 0.349 e. The minimum atomic E-state index is 0.775. The Hall–Kier alpha value is -2.32. The Kier molecular flexibility index (Phi) is 3.12. The van der Waals surface area contributed by atoms with Crippen molar-refractivity contribution in [2.24, 2.45) is 0 Å². The summed E-state index contributed by atoms with van der Waals surface area (Å²) in [5, 5.41) is 3.33. The average molecular weight is 308 g/mol. The molecule has 0 radical (unpaired) electrons. The Morgan fingerprint density at radius 1 is 0.955 bits per heavy atom. The zero-order chi connectivity index (χ0) is 15.1. The molecule has 0 aliphatic heterocycles. The molecule has 1 N–H and O–H groups in total. The van der Waals surface area contributed by atoms with Crippen LogP contribution < -0.4 is 4.57 Å². The van der Waals surface area contributed by atoms with Crippen LogP contribution in [0.4, 0.5) is 0 Å².